The molecule has 88 valence electrons. The van der Waals surface area contributed by atoms with Gasteiger partial charge in [0.25, 0.3) is 0 Å². The van der Waals surface area contributed by atoms with Crippen LogP contribution in [0.4, 0.5) is 5.69 Å². The molecule has 1 aromatic carbocycles. The minimum atomic E-state index is 0.387. The van der Waals surface area contributed by atoms with Crippen molar-refractivity contribution in [3.63, 3.8) is 0 Å². The number of hydrogen-bond acceptors (Lipinski definition) is 3. The molecule has 0 amide bonds. The summed E-state index contributed by atoms with van der Waals surface area (Å²) in [5.41, 5.74) is 6.77. The molecule has 0 saturated carbocycles. The largest absolute Gasteiger partial charge is 0.398 e. The Balaban J connectivity index is 1.91. The highest BCUT2D eigenvalue weighted by molar-refractivity contribution is 9.10. The minimum Gasteiger partial charge on any atom is -0.398 e. The first-order chi connectivity index (χ1) is 7.65. The Morgan fingerprint density at radius 1 is 1.50 bits per heavy atom. The zero-order valence-electron chi connectivity index (χ0n) is 9.28. The molecule has 2 N–H and O–H groups in total. The summed E-state index contributed by atoms with van der Waals surface area (Å²) in [5, 5.41) is 0. The van der Waals surface area contributed by atoms with Crippen LogP contribution in [0.1, 0.15) is 19.8 Å². The van der Waals surface area contributed by atoms with Gasteiger partial charge >= 0.3 is 0 Å². The summed E-state index contributed by atoms with van der Waals surface area (Å²) in [5.74, 6) is 0.991. The first kappa shape index (κ1) is 12.3. The Kier molecular flexibility index (Phi) is 4.16. The molecule has 1 saturated heterocycles. The van der Waals surface area contributed by atoms with Crippen molar-refractivity contribution < 1.29 is 4.74 Å². The van der Waals surface area contributed by atoms with Gasteiger partial charge in [-0.25, -0.2) is 0 Å². The van der Waals surface area contributed by atoms with Crippen LogP contribution in [0.2, 0.25) is 0 Å². The van der Waals surface area contributed by atoms with Gasteiger partial charge in [0.2, 0.25) is 0 Å². The number of anilines is 1. The Hall–Kier alpha value is -0.190. The molecule has 2 rings (SSSR count). The smallest absolute Gasteiger partial charge is 0.0673 e. The molecule has 0 radical (unpaired) electrons. The van der Waals surface area contributed by atoms with E-state index in [0.29, 0.717) is 12.2 Å². The maximum atomic E-state index is 5.92. The van der Waals surface area contributed by atoms with Crippen LogP contribution < -0.4 is 5.73 Å². The summed E-state index contributed by atoms with van der Waals surface area (Å²) in [6.07, 6.45) is 3.16. The average Bonchev–Trinajstić information content (AvgIpc) is 2.66. The highest BCUT2D eigenvalue weighted by atomic mass is 79.9. The van der Waals surface area contributed by atoms with E-state index < -0.39 is 0 Å². The van der Waals surface area contributed by atoms with Crippen LogP contribution in [0.25, 0.3) is 0 Å². The zero-order valence-corrected chi connectivity index (χ0v) is 11.7. The molecular formula is C12H16BrNOS. The van der Waals surface area contributed by atoms with E-state index in [0.717, 1.165) is 20.8 Å². The van der Waals surface area contributed by atoms with Crippen molar-refractivity contribution >= 4 is 33.4 Å². The summed E-state index contributed by atoms with van der Waals surface area (Å²) in [4.78, 5) is 1.14. The topological polar surface area (TPSA) is 35.2 Å². The van der Waals surface area contributed by atoms with Crippen LogP contribution in [-0.2, 0) is 4.74 Å². The first-order valence-corrected chi connectivity index (χ1v) is 7.26. The molecule has 0 spiro atoms. The van der Waals surface area contributed by atoms with Gasteiger partial charge in [-0.2, -0.15) is 0 Å². The van der Waals surface area contributed by atoms with E-state index in [-0.39, 0.29) is 0 Å². The number of nitrogen functional groups attached to an aromatic ring is 1. The van der Waals surface area contributed by atoms with Crippen molar-refractivity contribution in [2.75, 3.05) is 11.5 Å². The monoisotopic (exact) mass is 301 g/mol. The summed E-state index contributed by atoms with van der Waals surface area (Å²) in [7, 11) is 0. The maximum Gasteiger partial charge on any atom is 0.0673 e. The van der Waals surface area contributed by atoms with E-state index in [4.69, 9.17) is 10.5 Å². The van der Waals surface area contributed by atoms with Crippen molar-refractivity contribution in [3.8, 4) is 0 Å². The van der Waals surface area contributed by atoms with Crippen LogP contribution in [0.15, 0.2) is 27.6 Å². The Morgan fingerprint density at radius 3 is 3.00 bits per heavy atom. The van der Waals surface area contributed by atoms with E-state index in [1.807, 2.05) is 12.1 Å². The summed E-state index contributed by atoms with van der Waals surface area (Å²) in [6.45, 7) is 2.14. The number of hydrogen-bond donors (Lipinski definition) is 1. The van der Waals surface area contributed by atoms with E-state index >= 15 is 0 Å². The molecule has 0 bridgehead atoms. The fraction of sp³-hybridized carbons (Fsp3) is 0.500. The van der Waals surface area contributed by atoms with Gasteiger partial charge in [0, 0.05) is 20.8 Å². The molecule has 1 fully saturated rings. The minimum absolute atomic E-state index is 0.387. The van der Waals surface area contributed by atoms with Gasteiger partial charge in [-0.15, -0.1) is 11.8 Å². The lowest BCUT2D eigenvalue weighted by Crippen LogP contribution is -2.10. The molecule has 0 aromatic heterocycles. The van der Waals surface area contributed by atoms with Gasteiger partial charge in [-0.3, -0.25) is 0 Å². The highest BCUT2D eigenvalue weighted by Gasteiger charge is 2.21. The van der Waals surface area contributed by atoms with Crippen LogP contribution in [0.3, 0.4) is 0 Å². The first-order valence-electron chi connectivity index (χ1n) is 5.48. The third-order valence-corrected chi connectivity index (χ3v) is 4.42. The fourth-order valence-electron chi connectivity index (χ4n) is 1.82. The van der Waals surface area contributed by atoms with Crippen molar-refractivity contribution in [1.82, 2.24) is 0 Å². The summed E-state index contributed by atoms with van der Waals surface area (Å²) >= 11 is 5.24. The number of nitrogens with two attached hydrogens (primary N) is 1. The van der Waals surface area contributed by atoms with Gasteiger partial charge < -0.3 is 10.5 Å². The number of rotatable bonds is 3. The normalized spacial score (nSPS) is 24.9. The number of benzene rings is 1. The lowest BCUT2D eigenvalue weighted by molar-refractivity contribution is 0.0700. The second-order valence-electron chi connectivity index (χ2n) is 4.14. The predicted molar refractivity (Wildman–Crippen MR) is 72.8 cm³/mol. The number of thioether (sulfide) groups is 1. The molecular weight excluding hydrogens is 286 g/mol. The fourth-order valence-corrected chi connectivity index (χ4v) is 3.39. The molecule has 2 unspecified atom stereocenters. The lowest BCUT2D eigenvalue weighted by atomic mass is 10.2. The van der Waals surface area contributed by atoms with Crippen LogP contribution in [-0.4, -0.2) is 18.0 Å². The Bertz CT molecular complexity index is 372. The second kappa shape index (κ2) is 5.43. The molecule has 1 aliphatic rings. The summed E-state index contributed by atoms with van der Waals surface area (Å²) in [6, 6.07) is 5.97. The average molecular weight is 302 g/mol. The molecule has 0 aliphatic carbocycles. The second-order valence-corrected chi connectivity index (χ2v) is 6.12. The Labute approximate surface area is 109 Å². The quantitative estimate of drug-likeness (QED) is 0.683. The molecule has 1 heterocycles. The van der Waals surface area contributed by atoms with E-state index in [9.17, 15) is 0 Å². The third-order valence-electron chi connectivity index (χ3n) is 2.72. The van der Waals surface area contributed by atoms with Crippen molar-refractivity contribution in [2.24, 2.45) is 0 Å². The molecule has 16 heavy (non-hydrogen) atoms. The standard InChI is InChI=1S/C12H16BrNOS/c1-8-2-4-10(15-8)7-16-12-6-9(13)3-5-11(12)14/h3,5-6,8,10H,2,4,7,14H2,1H3. The van der Waals surface area contributed by atoms with Gasteiger partial charge in [-0.1, -0.05) is 15.9 Å². The SMILES string of the molecule is CC1CCC(CSc2cc(Br)ccc2N)O1. The van der Waals surface area contributed by atoms with E-state index in [1.54, 1.807) is 11.8 Å². The zero-order chi connectivity index (χ0) is 11.5. The number of halogens is 1. The molecule has 1 aliphatic heterocycles. The number of ether oxygens (including phenoxy) is 1. The Morgan fingerprint density at radius 2 is 2.31 bits per heavy atom. The van der Waals surface area contributed by atoms with E-state index in [1.165, 1.54) is 12.8 Å². The molecule has 1 aromatic rings. The van der Waals surface area contributed by atoms with Crippen molar-refractivity contribution in [1.29, 1.82) is 0 Å². The van der Waals surface area contributed by atoms with Crippen LogP contribution >= 0.6 is 27.7 Å². The van der Waals surface area contributed by atoms with E-state index in [2.05, 4.69) is 28.9 Å². The van der Waals surface area contributed by atoms with Crippen LogP contribution in [0.5, 0.6) is 0 Å². The van der Waals surface area contributed by atoms with Gasteiger partial charge in [0.05, 0.1) is 12.2 Å². The predicted octanol–water partition coefficient (Wildman–Crippen LogP) is 3.69. The maximum absolute atomic E-state index is 5.92. The van der Waals surface area contributed by atoms with Gasteiger partial charge in [0.15, 0.2) is 0 Å². The van der Waals surface area contributed by atoms with Crippen molar-refractivity contribution in [2.45, 2.75) is 36.9 Å². The van der Waals surface area contributed by atoms with Crippen molar-refractivity contribution in [3.05, 3.63) is 22.7 Å². The van der Waals surface area contributed by atoms with Crippen LogP contribution in [0, 0.1) is 0 Å². The molecule has 4 heteroatoms. The third kappa shape index (κ3) is 3.15. The molecule has 2 nitrogen and oxygen atoms in total. The van der Waals surface area contributed by atoms with Gasteiger partial charge in [0.1, 0.15) is 0 Å². The van der Waals surface area contributed by atoms with Gasteiger partial charge in [-0.05, 0) is 38.0 Å². The summed E-state index contributed by atoms with van der Waals surface area (Å²) < 4.78 is 6.85. The molecule has 2 atom stereocenters. The lowest BCUT2D eigenvalue weighted by Gasteiger charge is -2.11. The highest BCUT2D eigenvalue weighted by Crippen LogP contribution is 2.31.